The highest BCUT2D eigenvalue weighted by Gasteiger charge is 2.05. The van der Waals surface area contributed by atoms with Crippen LogP contribution in [0.2, 0.25) is 0 Å². The molecule has 0 bridgehead atoms. The molecule has 0 aliphatic carbocycles. The molecule has 0 fully saturated rings. The topological polar surface area (TPSA) is 52.4 Å². The number of nitro groups is 1. The second-order valence-electron chi connectivity index (χ2n) is 5.03. The average Bonchev–Trinajstić information content (AvgIpc) is 2.46. The second kappa shape index (κ2) is 7.13. The summed E-state index contributed by atoms with van der Waals surface area (Å²) in [7, 11) is 0. The maximum Gasteiger partial charge on any atom is 0.269 e. The molecule has 0 heterocycles. The fraction of sp³-hybridized carbons (Fsp3) is 0.250. The third kappa shape index (κ3) is 4.79. The molecule has 21 heavy (non-hydrogen) atoms. The number of nitrogens with zero attached hydrogens (tertiary/aromatic N) is 1. The molecule has 110 valence electrons. The van der Waals surface area contributed by atoms with Crippen LogP contribution in [0.5, 0.6) is 11.5 Å². The molecule has 0 aliphatic rings. The van der Waals surface area contributed by atoms with Crippen molar-refractivity contribution in [2.24, 2.45) is 5.92 Å². The number of thioether (sulfide) groups is 1. The molecule has 5 heteroatoms. The third-order valence-corrected chi connectivity index (χ3v) is 4.09. The summed E-state index contributed by atoms with van der Waals surface area (Å²) in [5, 5.41) is 10.6. The number of hydrogen-bond acceptors (Lipinski definition) is 4. The summed E-state index contributed by atoms with van der Waals surface area (Å²) in [6.07, 6.45) is 0. The SMILES string of the molecule is CC(C)CSc1cccc(Oc2ccc([N+](=O)[O-])cc2)c1. The number of nitro benzene ring substituents is 1. The van der Waals surface area contributed by atoms with Crippen LogP contribution in [0.25, 0.3) is 0 Å². The predicted molar refractivity (Wildman–Crippen MR) is 85.2 cm³/mol. The van der Waals surface area contributed by atoms with Gasteiger partial charge in [0.05, 0.1) is 4.92 Å². The summed E-state index contributed by atoms with van der Waals surface area (Å²) in [6.45, 7) is 4.37. The van der Waals surface area contributed by atoms with E-state index >= 15 is 0 Å². The van der Waals surface area contributed by atoms with Crippen LogP contribution >= 0.6 is 11.8 Å². The van der Waals surface area contributed by atoms with Gasteiger partial charge in [0, 0.05) is 22.8 Å². The lowest BCUT2D eigenvalue weighted by Crippen LogP contribution is -1.91. The number of hydrogen-bond donors (Lipinski definition) is 0. The van der Waals surface area contributed by atoms with Gasteiger partial charge in [0.2, 0.25) is 0 Å². The second-order valence-corrected chi connectivity index (χ2v) is 6.13. The molecular weight excluding hydrogens is 286 g/mol. The zero-order valence-corrected chi connectivity index (χ0v) is 12.8. The molecule has 0 atom stereocenters. The van der Waals surface area contributed by atoms with E-state index in [2.05, 4.69) is 19.9 Å². The Labute approximate surface area is 128 Å². The minimum Gasteiger partial charge on any atom is -0.457 e. The molecule has 0 saturated heterocycles. The van der Waals surface area contributed by atoms with Crippen LogP contribution in [-0.4, -0.2) is 10.7 Å². The molecule has 0 radical (unpaired) electrons. The quantitative estimate of drug-likeness (QED) is 0.421. The van der Waals surface area contributed by atoms with E-state index in [0.29, 0.717) is 11.7 Å². The van der Waals surface area contributed by atoms with Gasteiger partial charge in [-0.05, 0) is 36.2 Å². The molecule has 4 nitrogen and oxygen atoms in total. The van der Waals surface area contributed by atoms with Crippen LogP contribution in [0.4, 0.5) is 5.69 Å². The highest BCUT2D eigenvalue weighted by molar-refractivity contribution is 7.99. The smallest absolute Gasteiger partial charge is 0.269 e. The summed E-state index contributed by atoms with van der Waals surface area (Å²) >= 11 is 1.79. The number of rotatable bonds is 6. The van der Waals surface area contributed by atoms with Crippen LogP contribution in [0.3, 0.4) is 0 Å². The van der Waals surface area contributed by atoms with Crippen LogP contribution in [-0.2, 0) is 0 Å². The van der Waals surface area contributed by atoms with Crippen molar-refractivity contribution in [2.45, 2.75) is 18.7 Å². The van der Waals surface area contributed by atoms with Crippen molar-refractivity contribution in [3.05, 3.63) is 58.6 Å². The van der Waals surface area contributed by atoms with Crippen LogP contribution < -0.4 is 4.74 Å². The monoisotopic (exact) mass is 303 g/mol. The minimum absolute atomic E-state index is 0.0589. The Kier molecular flexibility index (Phi) is 5.22. The largest absolute Gasteiger partial charge is 0.457 e. The Hall–Kier alpha value is -2.01. The zero-order valence-electron chi connectivity index (χ0n) is 12.0. The summed E-state index contributed by atoms with van der Waals surface area (Å²) < 4.78 is 5.72. The van der Waals surface area contributed by atoms with Crippen molar-refractivity contribution >= 4 is 17.4 Å². The maximum absolute atomic E-state index is 10.6. The van der Waals surface area contributed by atoms with Crippen molar-refractivity contribution in [1.82, 2.24) is 0 Å². The zero-order chi connectivity index (χ0) is 15.2. The average molecular weight is 303 g/mol. The molecule has 0 saturated carbocycles. The van der Waals surface area contributed by atoms with Crippen molar-refractivity contribution in [3.8, 4) is 11.5 Å². The predicted octanol–water partition coefficient (Wildman–Crippen LogP) is 5.14. The van der Waals surface area contributed by atoms with Gasteiger partial charge in [0.25, 0.3) is 5.69 Å². The molecule has 0 N–H and O–H groups in total. The molecule has 0 aromatic heterocycles. The van der Waals surface area contributed by atoms with Crippen molar-refractivity contribution in [1.29, 1.82) is 0 Å². The first-order chi connectivity index (χ1) is 10.0. The van der Waals surface area contributed by atoms with Crippen LogP contribution in [0.1, 0.15) is 13.8 Å². The number of benzene rings is 2. The first kappa shape index (κ1) is 15.4. The number of ether oxygens (including phenoxy) is 1. The molecular formula is C16H17NO3S. The lowest BCUT2D eigenvalue weighted by atomic mass is 10.3. The van der Waals surface area contributed by atoms with Gasteiger partial charge in [-0.15, -0.1) is 11.8 Å². The van der Waals surface area contributed by atoms with Gasteiger partial charge in [-0.25, -0.2) is 0 Å². The van der Waals surface area contributed by atoms with Gasteiger partial charge in [0.15, 0.2) is 0 Å². The highest BCUT2D eigenvalue weighted by atomic mass is 32.2. The van der Waals surface area contributed by atoms with E-state index in [1.165, 1.54) is 12.1 Å². The first-order valence-electron chi connectivity index (χ1n) is 6.70. The summed E-state index contributed by atoms with van der Waals surface area (Å²) in [5.41, 5.74) is 0.0589. The third-order valence-electron chi connectivity index (χ3n) is 2.67. The molecule has 2 aromatic carbocycles. The van der Waals surface area contributed by atoms with Crippen molar-refractivity contribution in [2.75, 3.05) is 5.75 Å². The first-order valence-corrected chi connectivity index (χ1v) is 7.68. The van der Waals surface area contributed by atoms with E-state index in [9.17, 15) is 10.1 Å². The van der Waals surface area contributed by atoms with Gasteiger partial charge < -0.3 is 4.74 Å². The van der Waals surface area contributed by atoms with E-state index in [0.717, 1.165) is 16.4 Å². The molecule has 2 aromatic rings. The van der Waals surface area contributed by atoms with Gasteiger partial charge >= 0.3 is 0 Å². The van der Waals surface area contributed by atoms with E-state index in [1.807, 2.05) is 18.2 Å². The molecule has 0 amide bonds. The Morgan fingerprint density at radius 1 is 1.14 bits per heavy atom. The fourth-order valence-electron chi connectivity index (χ4n) is 1.66. The summed E-state index contributed by atoms with van der Waals surface area (Å²) in [4.78, 5) is 11.3. The lowest BCUT2D eigenvalue weighted by molar-refractivity contribution is -0.384. The Bertz CT molecular complexity index is 611. The van der Waals surface area contributed by atoms with Gasteiger partial charge in [-0.2, -0.15) is 0 Å². The van der Waals surface area contributed by atoms with Crippen LogP contribution in [0, 0.1) is 16.0 Å². The number of non-ortho nitro benzene ring substituents is 1. The maximum atomic E-state index is 10.6. The molecule has 0 spiro atoms. The van der Waals surface area contributed by atoms with E-state index in [1.54, 1.807) is 23.9 Å². The normalized spacial score (nSPS) is 10.6. The summed E-state index contributed by atoms with van der Waals surface area (Å²) in [5.74, 6) is 3.01. The van der Waals surface area contributed by atoms with Gasteiger partial charge in [-0.1, -0.05) is 19.9 Å². The Balaban J connectivity index is 2.05. The van der Waals surface area contributed by atoms with Gasteiger partial charge in [0.1, 0.15) is 11.5 Å². The van der Waals surface area contributed by atoms with E-state index in [-0.39, 0.29) is 5.69 Å². The van der Waals surface area contributed by atoms with Crippen molar-refractivity contribution in [3.63, 3.8) is 0 Å². The van der Waals surface area contributed by atoms with E-state index < -0.39 is 4.92 Å². The fourth-order valence-corrected chi connectivity index (χ4v) is 2.56. The minimum atomic E-state index is -0.424. The molecule has 0 aliphatic heterocycles. The standard InChI is InChI=1S/C16H17NO3S/c1-12(2)11-21-16-5-3-4-15(10-16)20-14-8-6-13(7-9-14)17(18)19/h3-10,12H,11H2,1-2H3. The van der Waals surface area contributed by atoms with E-state index in [4.69, 9.17) is 4.74 Å². The summed E-state index contributed by atoms with van der Waals surface area (Å²) in [6, 6.07) is 13.9. The highest BCUT2D eigenvalue weighted by Crippen LogP contribution is 2.28. The van der Waals surface area contributed by atoms with Crippen molar-refractivity contribution < 1.29 is 9.66 Å². The van der Waals surface area contributed by atoms with Crippen LogP contribution in [0.15, 0.2) is 53.4 Å². The lowest BCUT2D eigenvalue weighted by Gasteiger charge is -2.08. The molecule has 0 unspecified atom stereocenters. The Morgan fingerprint density at radius 3 is 2.48 bits per heavy atom. The molecule has 2 rings (SSSR count). The van der Waals surface area contributed by atoms with Gasteiger partial charge in [-0.3, -0.25) is 10.1 Å². The Morgan fingerprint density at radius 2 is 1.86 bits per heavy atom.